The summed E-state index contributed by atoms with van der Waals surface area (Å²) in [6, 6.07) is 19.8. The van der Waals surface area contributed by atoms with E-state index in [-0.39, 0.29) is 11.8 Å². The van der Waals surface area contributed by atoms with E-state index in [1.807, 2.05) is 30.3 Å². The van der Waals surface area contributed by atoms with Crippen molar-refractivity contribution in [2.24, 2.45) is 0 Å². The minimum Gasteiger partial charge on any atom is -0.326 e. The van der Waals surface area contributed by atoms with Crippen molar-refractivity contribution in [3.8, 4) is 0 Å². The molecule has 0 spiro atoms. The summed E-state index contributed by atoms with van der Waals surface area (Å²) in [5.41, 5.74) is 2.74. The Morgan fingerprint density at radius 3 is 2.24 bits per heavy atom. The lowest BCUT2D eigenvalue weighted by Crippen LogP contribution is -2.15. The van der Waals surface area contributed by atoms with Crippen molar-refractivity contribution in [3.63, 3.8) is 0 Å². The number of pyridine rings is 1. The second-order valence-corrected chi connectivity index (χ2v) is 5.48. The first-order valence-corrected chi connectivity index (χ1v) is 7.86. The molecule has 0 saturated heterocycles. The Morgan fingerprint density at radius 1 is 0.800 bits per heavy atom. The SMILES string of the molecule is O=C(Cc1ccccc1)Nc1ccc(C(=O)Nc2cccnc2)cc1. The maximum absolute atomic E-state index is 12.2. The van der Waals surface area contributed by atoms with Gasteiger partial charge in [0.15, 0.2) is 0 Å². The van der Waals surface area contributed by atoms with E-state index in [1.165, 1.54) is 0 Å². The normalized spacial score (nSPS) is 10.1. The number of hydrogen-bond acceptors (Lipinski definition) is 3. The molecule has 2 N–H and O–H groups in total. The van der Waals surface area contributed by atoms with E-state index in [2.05, 4.69) is 15.6 Å². The van der Waals surface area contributed by atoms with Gasteiger partial charge in [-0.15, -0.1) is 0 Å². The van der Waals surface area contributed by atoms with Crippen molar-refractivity contribution < 1.29 is 9.59 Å². The van der Waals surface area contributed by atoms with Crippen LogP contribution < -0.4 is 10.6 Å². The smallest absolute Gasteiger partial charge is 0.255 e. The summed E-state index contributed by atoms with van der Waals surface area (Å²) in [7, 11) is 0. The third kappa shape index (κ3) is 4.75. The summed E-state index contributed by atoms with van der Waals surface area (Å²) in [4.78, 5) is 28.2. The van der Waals surface area contributed by atoms with E-state index in [0.717, 1.165) is 5.56 Å². The summed E-state index contributed by atoms with van der Waals surface area (Å²) in [5.74, 6) is -0.325. The van der Waals surface area contributed by atoms with Crippen LogP contribution in [0.5, 0.6) is 0 Å². The second-order valence-electron chi connectivity index (χ2n) is 5.48. The average Bonchev–Trinajstić information content (AvgIpc) is 2.64. The maximum atomic E-state index is 12.2. The Hall–Kier alpha value is -3.47. The van der Waals surface area contributed by atoms with Crippen LogP contribution in [0.25, 0.3) is 0 Å². The van der Waals surface area contributed by atoms with Gasteiger partial charge in [0.1, 0.15) is 0 Å². The standard InChI is InChI=1S/C20H17N3O2/c24-19(13-15-5-2-1-3-6-15)22-17-10-8-16(9-11-17)20(25)23-18-7-4-12-21-14-18/h1-12,14H,13H2,(H,22,24)(H,23,25). The molecule has 0 atom stereocenters. The summed E-state index contributed by atoms with van der Waals surface area (Å²) >= 11 is 0. The highest BCUT2D eigenvalue weighted by molar-refractivity contribution is 6.04. The van der Waals surface area contributed by atoms with E-state index in [9.17, 15) is 9.59 Å². The maximum Gasteiger partial charge on any atom is 0.255 e. The number of nitrogens with zero attached hydrogens (tertiary/aromatic N) is 1. The van der Waals surface area contributed by atoms with Crippen LogP contribution in [0.3, 0.4) is 0 Å². The predicted octanol–water partition coefficient (Wildman–Crippen LogP) is 3.52. The lowest BCUT2D eigenvalue weighted by atomic mass is 10.1. The number of aromatic nitrogens is 1. The molecule has 0 bridgehead atoms. The van der Waals surface area contributed by atoms with Gasteiger partial charge in [-0.3, -0.25) is 14.6 Å². The van der Waals surface area contributed by atoms with Gasteiger partial charge >= 0.3 is 0 Å². The molecule has 5 heteroatoms. The second kappa shape index (κ2) is 7.88. The number of anilines is 2. The third-order valence-electron chi connectivity index (χ3n) is 3.56. The number of carbonyl (C=O) groups excluding carboxylic acids is 2. The molecule has 1 aromatic heterocycles. The average molecular weight is 331 g/mol. The fraction of sp³-hybridized carbons (Fsp3) is 0.0500. The molecule has 0 radical (unpaired) electrons. The van der Waals surface area contributed by atoms with E-state index >= 15 is 0 Å². The molecular formula is C20H17N3O2. The quantitative estimate of drug-likeness (QED) is 0.751. The summed E-state index contributed by atoms with van der Waals surface area (Å²) in [6.45, 7) is 0. The monoisotopic (exact) mass is 331 g/mol. The lowest BCUT2D eigenvalue weighted by molar-refractivity contribution is -0.115. The van der Waals surface area contributed by atoms with E-state index in [0.29, 0.717) is 23.4 Å². The first-order valence-electron chi connectivity index (χ1n) is 7.86. The van der Waals surface area contributed by atoms with Gasteiger partial charge in [0, 0.05) is 17.4 Å². The molecule has 1 heterocycles. The Morgan fingerprint density at radius 2 is 1.56 bits per heavy atom. The Bertz CT molecular complexity index is 847. The van der Waals surface area contributed by atoms with Crippen LogP contribution in [-0.4, -0.2) is 16.8 Å². The Labute approximate surface area is 145 Å². The van der Waals surface area contributed by atoms with E-state index < -0.39 is 0 Å². The van der Waals surface area contributed by atoms with Crippen molar-refractivity contribution in [3.05, 3.63) is 90.3 Å². The van der Waals surface area contributed by atoms with Gasteiger partial charge in [-0.1, -0.05) is 30.3 Å². The Kier molecular flexibility index (Phi) is 5.16. The van der Waals surface area contributed by atoms with Crippen molar-refractivity contribution in [1.29, 1.82) is 0 Å². The van der Waals surface area contributed by atoms with E-state index in [1.54, 1.807) is 48.8 Å². The molecule has 3 aromatic rings. The van der Waals surface area contributed by atoms with Crippen LogP contribution >= 0.6 is 0 Å². The fourth-order valence-corrected chi connectivity index (χ4v) is 2.33. The predicted molar refractivity (Wildman–Crippen MR) is 97.4 cm³/mol. The van der Waals surface area contributed by atoms with Gasteiger partial charge in [0.2, 0.25) is 5.91 Å². The number of hydrogen-bond donors (Lipinski definition) is 2. The number of amides is 2. The zero-order valence-electron chi connectivity index (χ0n) is 13.5. The molecule has 2 amide bonds. The molecular weight excluding hydrogens is 314 g/mol. The summed E-state index contributed by atoms with van der Waals surface area (Å²) in [6.07, 6.45) is 3.53. The van der Waals surface area contributed by atoms with Gasteiger partial charge in [-0.05, 0) is 42.0 Å². The molecule has 124 valence electrons. The van der Waals surface area contributed by atoms with Gasteiger partial charge in [-0.2, -0.15) is 0 Å². The van der Waals surface area contributed by atoms with Crippen LogP contribution in [0.2, 0.25) is 0 Å². The Balaban J connectivity index is 1.58. The lowest BCUT2D eigenvalue weighted by Gasteiger charge is -2.07. The highest BCUT2D eigenvalue weighted by atomic mass is 16.2. The summed E-state index contributed by atoms with van der Waals surface area (Å²) in [5, 5.41) is 5.59. The van der Waals surface area contributed by atoms with Crippen molar-refractivity contribution >= 4 is 23.2 Å². The topological polar surface area (TPSA) is 71.1 Å². The van der Waals surface area contributed by atoms with Crippen LogP contribution in [0.1, 0.15) is 15.9 Å². The molecule has 0 aliphatic heterocycles. The first kappa shape index (κ1) is 16.4. The van der Waals surface area contributed by atoms with Crippen molar-refractivity contribution in [1.82, 2.24) is 4.98 Å². The van der Waals surface area contributed by atoms with Crippen LogP contribution in [-0.2, 0) is 11.2 Å². The highest BCUT2D eigenvalue weighted by Crippen LogP contribution is 2.12. The summed E-state index contributed by atoms with van der Waals surface area (Å²) < 4.78 is 0. The largest absolute Gasteiger partial charge is 0.326 e. The van der Waals surface area contributed by atoms with Crippen molar-refractivity contribution in [2.45, 2.75) is 6.42 Å². The van der Waals surface area contributed by atoms with Crippen LogP contribution in [0.15, 0.2) is 79.1 Å². The zero-order valence-corrected chi connectivity index (χ0v) is 13.5. The fourth-order valence-electron chi connectivity index (χ4n) is 2.33. The minimum absolute atomic E-state index is 0.0984. The highest BCUT2D eigenvalue weighted by Gasteiger charge is 2.08. The third-order valence-corrected chi connectivity index (χ3v) is 3.56. The van der Waals surface area contributed by atoms with Gasteiger partial charge < -0.3 is 10.6 Å². The number of benzene rings is 2. The molecule has 0 saturated carbocycles. The zero-order chi connectivity index (χ0) is 17.5. The van der Waals surface area contributed by atoms with Crippen molar-refractivity contribution in [2.75, 3.05) is 10.6 Å². The van der Waals surface area contributed by atoms with Crippen LogP contribution in [0.4, 0.5) is 11.4 Å². The van der Waals surface area contributed by atoms with Gasteiger partial charge in [0.05, 0.1) is 18.3 Å². The molecule has 2 aromatic carbocycles. The molecule has 0 fully saturated rings. The van der Waals surface area contributed by atoms with Gasteiger partial charge in [-0.25, -0.2) is 0 Å². The number of nitrogens with one attached hydrogen (secondary N) is 2. The molecule has 0 unspecified atom stereocenters. The first-order chi connectivity index (χ1) is 12.2. The number of rotatable bonds is 5. The van der Waals surface area contributed by atoms with E-state index in [4.69, 9.17) is 0 Å². The van der Waals surface area contributed by atoms with Crippen LogP contribution in [0, 0.1) is 0 Å². The molecule has 0 aliphatic rings. The van der Waals surface area contributed by atoms with Gasteiger partial charge in [0.25, 0.3) is 5.91 Å². The molecule has 5 nitrogen and oxygen atoms in total. The molecule has 0 aliphatic carbocycles. The molecule has 25 heavy (non-hydrogen) atoms. The molecule has 3 rings (SSSR count). The minimum atomic E-state index is -0.227. The number of carbonyl (C=O) groups is 2.